The van der Waals surface area contributed by atoms with Crippen LogP contribution in [0.15, 0.2) is 37.1 Å². The van der Waals surface area contributed by atoms with E-state index in [9.17, 15) is 18.0 Å². The zero-order chi connectivity index (χ0) is 15.3. The molecule has 0 radical (unpaired) electrons. The Balaban J connectivity index is 2.11. The molecule has 9 heteroatoms. The number of anilines is 1. The summed E-state index contributed by atoms with van der Waals surface area (Å²) in [7, 11) is 0. The van der Waals surface area contributed by atoms with Crippen LogP contribution in [-0.2, 0) is 0 Å². The van der Waals surface area contributed by atoms with Gasteiger partial charge in [-0.1, -0.05) is 0 Å². The van der Waals surface area contributed by atoms with E-state index in [1.165, 1.54) is 37.1 Å². The Bertz CT molecular complexity index is 619. The Hall–Kier alpha value is -2.71. The van der Waals surface area contributed by atoms with Crippen LogP contribution in [0.4, 0.5) is 18.9 Å². The van der Waals surface area contributed by atoms with Crippen LogP contribution in [0.1, 0.15) is 10.5 Å². The molecule has 0 saturated carbocycles. The summed E-state index contributed by atoms with van der Waals surface area (Å²) in [6, 6.07) is 1.22. The fourth-order valence-corrected chi connectivity index (χ4v) is 1.36. The number of ether oxygens (including phenoxy) is 1. The second-order valence-electron chi connectivity index (χ2n) is 3.82. The van der Waals surface area contributed by atoms with Gasteiger partial charge < -0.3 is 10.1 Å². The predicted molar refractivity (Wildman–Crippen MR) is 65.8 cm³/mol. The standard InChI is InChI=1S/C12H9F3N4O2/c13-12(14,15)7-21-10-1-2-16-5-8(10)19-11(20)9-6-17-3-4-18-9/h1-6H,7H2,(H,19,20). The normalized spacial score (nSPS) is 11.0. The van der Waals surface area contributed by atoms with E-state index in [-0.39, 0.29) is 17.1 Å². The molecule has 6 nitrogen and oxygen atoms in total. The first kappa shape index (κ1) is 14.7. The van der Waals surface area contributed by atoms with Gasteiger partial charge in [-0.05, 0) is 0 Å². The molecule has 2 aromatic rings. The molecule has 1 N–H and O–H groups in total. The molecule has 0 unspecified atom stereocenters. The highest BCUT2D eigenvalue weighted by atomic mass is 19.4. The fourth-order valence-electron chi connectivity index (χ4n) is 1.36. The van der Waals surface area contributed by atoms with E-state index in [4.69, 9.17) is 0 Å². The van der Waals surface area contributed by atoms with Crippen LogP contribution >= 0.6 is 0 Å². The van der Waals surface area contributed by atoms with Gasteiger partial charge in [-0.2, -0.15) is 13.2 Å². The van der Waals surface area contributed by atoms with E-state index >= 15 is 0 Å². The second kappa shape index (κ2) is 6.16. The van der Waals surface area contributed by atoms with Gasteiger partial charge >= 0.3 is 6.18 Å². The maximum Gasteiger partial charge on any atom is 0.422 e. The van der Waals surface area contributed by atoms with E-state index in [0.717, 1.165) is 0 Å². The molecule has 0 spiro atoms. The highest BCUT2D eigenvalue weighted by Crippen LogP contribution is 2.25. The van der Waals surface area contributed by atoms with E-state index in [1.807, 2.05) is 0 Å². The lowest BCUT2D eigenvalue weighted by Gasteiger charge is -2.13. The van der Waals surface area contributed by atoms with Crippen molar-refractivity contribution >= 4 is 11.6 Å². The van der Waals surface area contributed by atoms with E-state index in [2.05, 4.69) is 25.0 Å². The first-order chi connectivity index (χ1) is 9.96. The molecule has 0 bridgehead atoms. The number of aromatic nitrogens is 3. The minimum Gasteiger partial charge on any atom is -0.482 e. The summed E-state index contributed by atoms with van der Waals surface area (Å²) in [4.78, 5) is 23.1. The van der Waals surface area contributed by atoms with Crippen molar-refractivity contribution in [1.82, 2.24) is 15.0 Å². The molecule has 1 amide bonds. The quantitative estimate of drug-likeness (QED) is 0.935. The third kappa shape index (κ3) is 4.41. The van der Waals surface area contributed by atoms with Crippen LogP contribution in [0, 0.1) is 0 Å². The Morgan fingerprint density at radius 1 is 1.19 bits per heavy atom. The second-order valence-corrected chi connectivity index (χ2v) is 3.82. The summed E-state index contributed by atoms with van der Waals surface area (Å²) >= 11 is 0. The minimum absolute atomic E-state index is 0.0115. The number of pyridine rings is 1. The van der Waals surface area contributed by atoms with Gasteiger partial charge in [0.15, 0.2) is 6.61 Å². The number of carbonyl (C=O) groups is 1. The maximum absolute atomic E-state index is 12.2. The number of halogens is 3. The van der Waals surface area contributed by atoms with Crippen molar-refractivity contribution in [1.29, 1.82) is 0 Å². The first-order valence-electron chi connectivity index (χ1n) is 5.66. The van der Waals surface area contributed by atoms with E-state index in [0.29, 0.717) is 0 Å². The van der Waals surface area contributed by atoms with Gasteiger partial charge in [-0.15, -0.1) is 0 Å². The Kier molecular flexibility index (Phi) is 4.31. The molecule has 0 aliphatic heterocycles. The van der Waals surface area contributed by atoms with Crippen molar-refractivity contribution in [2.75, 3.05) is 11.9 Å². The van der Waals surface area contributed by atoms with Crippen LogP contribution in [0.25, 0.3) is 0 Å². The minimum atomic E-state index is -4.48. The number of amides is 1. The molecule has 21 heavy (non-hydrogen) atoms. The zero-order valence-electron chi connectivity index (χ0n) is 10.5. The third-order valence-electron chi connectivity index (χ3n) is 2.22. The van der Waals surface area contributed by atoms with Gasteiger partial charge in [0.25, 0.3) is 5.91 Å². The van der Waals surface area contributed by atoms with Gasteiger partial charge in [0.2, 0.25) is 0 Å². The summed E-state index contributed by atoms with van der Waals surface area (Å²) in [5, 5.41) is 2.37. The number of nitrogens with one attached hydrogen (secondary N) is 1. The van der Waals surface area contributed by atoms with Crippen LogP contribution in [-0.4, -0.2) is 33.6 Å². The van der Waals surface area contributed by atoms with Crippen molar-refractivity contribution < 1.29 is 22.7 Å². The summed E-state index contributed by atoms with van der Waals surface area (Å²) in [5.41, 5.74) is 0.0283. The number of nitrogens with zero attached hydrogens (tertiary/aromatic N) is 3. The largest absolute Gasteiger partial charge is 0.482 e. The highest BCUT2D eigenvalue weighted by molar-refractivity contribution is 6.03. The van der Waals surface area contributed by atoms with E-state index in [1.54, 1.807) is 0 Å². The van der Waals surface area contributed by atoms with Gasteiger partial charge in [-0.25, -0.2) is 4.98 Å². The Labute approximate surface area is 117 Å². The molecule has 0 aromatic carbocycles. The molecular formula is C12H9F3N4O2. The molecule has 0 atom stereocenters. The number of hydrogen-bond acceptors (Lipinski definition) is 5. The van der Waals surface area contributed by atoms with Crippen molar-refractivity contribution in [2.45, 2.75) is 6.18 Å². The lowest BCUT2D eigenvalue weighted by Crippen LogP contribution is -2.20. The van der Waals surface area contributed by atoms with Gasteiger partial charge in [0.05, 0.1) is 12.4 Å². The maximum atomic E-state index is 12.2. The number of rotatable bonds is 4. The summed E-state index contributed by atoms with van der Waals surface area (Å²) in [6.07, 6.45) is 1.89. The average molecular weight is 298 g/mol. The number of carbonyl (C=O) groups excluding carboxylic acids is 1. The smallest absolute Gasteiger partial charge is 0.422 e. The van der Waals surface area contributed by atoms with Crippen LogP contribution in [0.2, 0.25) is 0 Å². The Morgan fingerprint density at radius 3 is 2.62 bits per heavy atom. The van der Waals surface area contributed by atoms with E-state index < -0.39 is 18.7 Å². The summed E-state index contributed by atoms with van der Waals surface area (Å²) < 4.78 is 41.1. The molecule has 0 fully saturated rings. The van der Waals surface area contributed by atoms with Crippen molar-refractivity contribution in [3.05, 3.63) is 42.7 Å². The molecule has 0 aliphatic carbocycles. The van der Waals surface area contributed by atoms with Crippen LogP contribution in [0.3, 0.4) is 0 Å². The molecule has 110 valence electrons. The lowest BCUT2D eigenvalue weighted by molar-refractivity contribution is -0.153. The highest BCUT2D eigenvalue weighted by Gasteiger charge is 2.29. The SMILES string of the molecule is O=C(Nc1cnccc1OCC(F)(F)F)c1cnccn1. The van der Waals surface area contributed by atoms with Gasteiger partial charge in [-0.3, -0.25) is 14.8 Å². The number of alkyl halides is 3. The van der Waals surface area contributed by atoms with Gasteiger partial charge in [0.1, 0.15) is 17.1 Å². The van der Waals surface area contributed by atoms with Crippen molar-refractivity contribution in [2.24, 2.45) is 0 Å². The zero-order valence-corrected chi connectivity index (χ0v) is 10.5. The Morgan fingerprint density at radius 2 is 1.95 bits per heavy atom. The van der Waals surface area contributed by atoms with Crippen LogP contribution in [0.5, 0.6) is 5.75 Å². The third-order valence-corrected chi connectivity index (χ3v) is 2.22. The first-order valence-corrected chi connectivity index (χ1v) is 5.66. The predicted octanol–water partition coefficient (Wildman–Crippen LogP) is 2.06. The molecular weight excluding hydrogens is 289 g/mol. The monoisotopic (exact) mass is 298 g/mol. The topological polar surface area (TPSA) is 77.0 Å². The molecule has 0 aliphatic rings. The molecule has 2 aromatic heterocycles. The molecule has 2 rings (SSSR count). The van der Waals surface area contributed by atoms with Gasteiger partial charge in [0, 0.05) is 24.7 Å². The molecule has 0 saturated heterocycles. The number of hydrogen-bond donors (Lipinski definition) is 1. The summed E-state index contributed by atoms with van der Waals surface area (Å²) in [6.45, 7) is -1.47. The lowest BCUT2D eigenvalue weighted by atomic mass is 10.3. The average Bonchev–Trinajstić information content (AvgIpc) is 2.46. The fraction of sp³-hybridized carbons (Fsp3) is 0.167. The van der Waals surface area contributed by atoms with Crippen molar-refractivity contribution in [3.63, 3.8) is 0 Å². The van der Waals surface area contributed by atoms with Crippen molar-refractivity contribution in [3.8, 4) is 5.75 Å². The van der Waals surface area contributed by atoms with Crippen LogP contribution < -0.4 is 10.1 Å². The molecule has 2 heterocycles. The summed E-state index contributed by atoms with van der Waals surface area (Å²) in [5.74, 6) is -0.771.